The fourth-order valence-electron chi connectivity index (χ4n) is 4.10. The molecule has 5 rings (SSSR count). The Morgan fingerprint density at radius 3 is 1.95 bits per heavy atom. The molecular formula is C32H22N2O3. The maximum atomic E-state index is 11.7. The van der Waals surface area contributed by atoms with Crippen LogP contribution in [0.4, 0.5) is 5.88 Å². The van der Waals surface area contributed by atoms with Crippen LogP contribution in [0.5, 0.6) is 0 Å². The highest BCUT2D eigenvalue weighted by Gasteiger charge is 2.22. The third kappa shape index (κ3) is 4.95. The van der Waals surface area contributed by atoms with Gasteiger partial charge < -0.3 is 9.15 Å². The van der Waals surface area contributed by atoms with Gasteiger partial charge in [-0.3, -0.25) is 0 Å². The van der Waals surface area contributed by atoms with Crippen LogP contribution >= 0.6 is 0 Å². The van der Waals surface area contributed by atoms with Crippen molar-refractivity contribution in [1.29, 1.82) is 5.26 Å². The molecule has 0 bridgehead atoms. The highest BCUT2D eigenvalue weighted by Crippen LogP contribution is 2.42. The van der Waals surface area contributed by atoms with Crippen LogP contribution in [0.1, 0.15) is 21.5 Å². The second-order valence-corrected chi connectivity index (χ2v) is 8.28. The highest BCUT2D eigenvalue weighted by atomic mass is 16.5. The van der Waals surface area contributed by atoms with E-state index in [1.54, 1.807) is 30.5 Å². The highest BCUT2D eigenvalue weighted by molar-refractivity contribution is 5.92. The molecule has 1 heterocycles. The second-order valence-electron chi connectivity index (χ2n) is 8.28. The molecule has 0 aliphatic heterocycles. The molecule has 5 aromatic rings. The molecule has 5 nitrogen and oxygen atoms in total. The molecule has 37 heavy (non-hydrogen) atoms. The molecule has 0 aliphatic rings. The van der Waals surface area contributed by atoms with Gasteiger partial charge in [-0.05, 0) is 34.4 Å². The van der Waals surface area contributed by atoms with Crippen molar-refractivity contribution in [2.75, 3.05) is 7.11 Å². The lowest BCUT2D eigenvalue weighted by Crippen LogP contribution is -2.00. The Balaban J connectivity index is 1.56. The van der Waals surface area contributed by atoms with Crippen LogP contribution in [0.15, 0.2) is 119 Å². The Hall–Kier alpha value is -5.21. The zero-order chi connectivity index (χ0) is 25.6. The number of nitriles is 1. The number of esters is 1. The van der Waals surface area contributed by atoms with Gasteiger partial charge in [-0.25, -0.2) is 9.79 Å². The number of hydrogen-bond donors (Lipinski definition) is 0. The minimum atomic E-state index is -0.406. The number of carbonyl (C=O) groups excluding carboxylic acids is 1. The van der Waals surface area contributed by atoms with Gasteiger partial charge in [-0.1, -0.05) is 97.1 Å². The average molecular weight is 483 g/mol. The summed E-state index contributed by atoms with van der Waals surface area (Å²) in [6.45, 7) is 0. The monoisotopic (exact) mass is 482 g/mol. The van der Waals surface area contributed by atoms with Crippen LogP contribution in [0.25, 0.3) is 33.6 Å². The van der Waals surface area contributed by atoms with E-state index in [4.69, 9.17) is 9.15 Å². The molecule has 0 saturated heterocycles. The third-order valence-corrected chi connectivity index (χ3v) is 5.98. The van der Waals surface area contributed by atoms with E-state index >= 15 is 0 Å². The molecule has 4 aromatic carbocycles. The lowest BCUT2D eigenvalue weighted by Gasteiger charge is -2.06. The molecule has 0 fully saturated rings. The molecule has 0 N–H and O–H groups in total. The summed E-state index contributed by atoms with van der Waals surface area (Å²) in [7, 11) is 1.34. The number of nitrogens with zero attached hydrogens (tertiary/aromatic N) is 2. The summed E-state index contributed by atoms with van der Waals surface area (Å²) in [4.78, 5) is 16.2. The molecule has 1 aromatic heterocycles. The predicted octanol–water partition coefficient (Wildman–Crippen LogP) is 7.69. The average Bonchev–Trinajstić information content (AvgIpc) is 3.35. The first kappa shape index (κ1) is 23.5. The van der Waals surface area contributed by atoms with E-state index < -0.39 is 5.97 Å². The molecule has 5 heteroatoms. The molecule has 0 radical (unpaired) electrons. The molecule has 0 atom stereocenters. The van der Waals surface area contributed by atoms with Crippen molar-refractivity contribution in [3.63, 3.8) is 0 Å². The number of benzene rings is 4. The topological polar surface area (TPSA) is 75.6 Å². The van der Waals surface area contributed by atoms with Crippen LogP contribution in [0.2, 0.25) is 0 Å². The number of carbonyl (C=O) groups is 1. The zero-order valence-electron chi connectivity index (χ0n) is 20.1. The van der Waals surface area contributed by atoms with Crippen molar-refractivity contribution in [2.24, 2.45) is 4.99 Å². The van der Waals surface area contributed by atoms with Gasteiger partial charge in [0.1, 0.15) is 17.4 Å². The Labute approximate surface area is 214 Å². The van der Waals surface area contributed by atoms with Gasteiger partial charge in [0.15, 0.2) is 0 Å². The summed E-state index contributed by atoms with van der Waals surface area (Å²) < 4.78 is 11.0. The summed E-state index contributed by atoms with van der Waals surface area (Å²) in [5.74, 6) is 0.396. The maximum Gasteiger partial charge on any atom is 0.337 e. The van der Waals surface area contributed by atoms with Crippen LogP contribution in [-0.2, 0) is 4.74 Å². The van der Waals surface area contributed by atoms with E-state index in [0.29, 0.717) is 22.5 Å². The molecule has 0 spiro atoms. The maximum absolute atomic E-state index is 11.7. The summed E-state index contributed by atoms with van der Waals surface area (Å²) in [6, 6.07) is 37.0. The van der Waals surface area contributed by atoms with Crippen molar-refractivity contribution >= 4 is 18.1 Å². The quantitative estimate of drug-likeness (QED) is 0.184. The largest absolute Gasteiger partial charge is 0.465 e. The first-order chi connectivity index (χ1) is 18.2. The van der Waals surface area contributed by atoms with Crippen LogP contribution in [-0.4, -0.2) is 19.3 Å². The Morgan fingerprint density at radius 1 is 0.784 bits per heavy atom. The van der Waals surface area contributed by atoms with Crippen molar-refractivity contribution in [1.82, 2.24) is 0 Å². The summed E-state index contributed by atoms with van der Waals surface area (Å²) in [5, 5.41) is 10.1. The third-order valence-electron chi connectivity index (χ3n) is 5.98. The van der Waals surface area contributed by atoms with Crippen molar-refractivity contribution in [3.8, 4) is 39.6 Å². The zero-order valence-corrected chi connectivity index (χ0v) is 20.1. The molecule has 0 saturated carbocycles. The lowest BCUT2D eigenvalue weighted by atomic mass is 9.97. The second kappa shape index (κ2) is 10.6. The standard InChI is InChI=1S/C32H22N2O3/c1-36-32(35)27-14-12-22(13-15-27)21-34-31-28(20-33)29(25-10-6-3-7-11-25)30(37-31)26-18-16-24(17-19-26)23-8-4-2-5-9-23/h2-19,21H,1H3. The van der Waals surface area contributed by atoms with E-state index in [2.05, 4.69) is 23.2 Å². The van der Waals surface area contributed by atoms with Crippen LogP contribution in [0.3, 0.4) is 0 Å². The van der Waals surface area contributed by atoms with E-state index in [9.17, 15) is 10.1 Å². The Bertz CT molecular complexity index is 1590. The summed E-state index contributed by atoms with van der Waals surface area (Å²) in [5.41, 5.74) is 6.18. The first-order valence-electron chi connectivity index (χ1n) is 11.7. The normalized spacial score (nSPS) is 10.8. The molecular weight excluding hydrogens is 460 g/mol. The lowest BCUT2D eigenvalue weighted by molar-refractivity contribution is 0.0600. The van der Waals surface area contributed by atoms with E-state index in [0.717, 1.165) is 27.8 Å². The molecule has 178 valence electrons. The number of furan rings is 1. The fourth-order valence-corrected chi connectivity index (χ4v) is 4.10. The number of ether oxygens (including phenoxy) is 1. The number of hydrogen-bond acceptors (Lipinski definition) is 5. The van der Waals surface area contributed by atoms with Gasteiger partial charge in [0, 0.05) is 17.3 Å². The van der Waals surface area contributed by atoms with Gasteiger partial charge in [0.25, 0.3) is 0 Å². The predicted molar refractivity (Wildman–Crippen MR) is 145 cm³/mol. The van der Waals surface area contributed by atoms with Gasteiger partial charge in [-0.2, -0.15) is 5.26 Å². The number of methoxy groups -OCH3 is 1. The SMILES string of the molecule is COC(=O)c1ccc(C=Nc2oc(-c3ccc(-c4ccccc4)cc3)c(-c3ccccc3)c2C#N)cc1. The van der Waals surface area contributed by atoms with Crippen LogP contribution in [0, 0.1) is 11.3 Å². The Kier molecular flexibility index (Phi) is 6.74. The van der Waals surface area contributed by atoms with Gasteiger partial charge in [0.2, 0.25) is 5.88 Å². The first-order valence-corrected chi connectivity index (χ1v) is 11.7. The van der Waals surface area contributed by atoms with Gasteiger partial charge in [0.05, 0.1) is 12.7 Å². The molecule has 0 unspecified atom stereocenters. The number of aliphatic imine (C=N–C) groups is 1. The van der Waals surface area contributed by atoms with E-state index in [-0.39, 0.29) is 5.88 Å². The molecule has 0 aliphatic carbocycles. The van der Waals surface area contributed by atoms with Crippen molar-refractivity contribution < 1.29 is 13.9 Å². The van der Waals surface area contributed by atoms with E-state index in [1.807, 2.05) is 72.8 Å². The van der Waals surface area contributed by atoms with E-state index in [1.165, 1.54) is 7.11 Å². The summed E-state index contributed by atoms with van der Waals surface area (Å²) in [6.07, 6.45) is 1.61. The van der Waals surface area contributed by atoms with Crippen molar-refractivity contribution in [2.45, 2.75) is 0 Å². The molecule has 0 amide bonds. The Morgan fingerprint density at radius 2 is 1.35 bits per heavy atom. The fraction of sp³-hybridized carbons (Fsp3) is 0.0312. The minimum absolute atomic E-state index is 0.223. The smallest absolute Gasteiger partial charge is 0.337 e. The summed E-state index contributed by atoms with van der Waals surface area (Å²) >= 11 is 0. The minimum Gasteiger partial charge on any atom is -0.465 e. The van der Waals surface area contributed by atoms with Crippen LogP contribution < -0.4 is 0 Å². The van der Waals surface area contributed by atoms with Crippen molar-refractivity contribution in [3.05, 3.63) is 126 Å². The van der Waals surface area contributed by atoms with Gasteiger partial charge in [-0.15, -0.1) is 0 Å². The van der Waals surface area contributed by atoms with Gasteiger partial charge >= 0.3 is 5.97 Å². The number of rotatable bonds is 6.